The van der Waals surface area contributed by atoms with Crippen LogP contribution < -0.4 is 5.73 Å². The van der Waals surface area contributed by atoms with Crippen LogP contribution in [0.25, 0.3) is 0 Å². The highest BCUT2D eigenvalue weighted by Crippen LogP contribution is 2.41. The number of carbonyl (C=O) groups is 1. The van der Waals surface area contributed by atoms with Crippen molar-refractivity contribution in [1.82, 2.24) is 4.90 Å². The minimum atomic E-state index is -0.0631. The van der Waals surface area contributed by atoms with E-state index < -0.39 is 0 Å². The number of rotatable bonds is 3. The van der Waals surface area contributed by atoms with E-state index in [2.05, 4.69) is 24.3 Å². The second-order valence-electron chi connectivity index (χ2n) is 5.44. The summed E-state index contributed by atoms with van der Waals surface area (Å²) in [6.07, 6.45) is 3.08. The van der Waals surface area contributed by atoms with Crippen LogP contribution >= 0.6 is 0 Å². The molecule has 96 valence electrons. The number of hydrogen-bond donors (Lipinski definition) is 1. The van der Waals surface area contributed by atoms with Crippen LogP contribution in [0.1, 0.15) is 49.3 Å². The molecule has 2 unspecified atom stereocenters. The van der Waals surface area contributed by atoms with Gasteiger partial charge in [-0.3, -0.25) is 4.79 Å². The van der Waals surface area contributed by atoms with Gasteiger partial charge in [-0.25, -0.2) is 0 Å². The Kier molecular flexibility index (Phi) is 2.86. The van der Waals surface area contributed by atoms with Crippen LogP contribution in [0.2, 0.25) is 0 Å². The summed E-state index contributed by atoms with van der Waals surface area (Å²) in [5.41, 5.74) is 8.77. The Bertz CT molecular complexity index is 467. The van der Waals surface area contributed by atoms with Crippen LogP contribution in [0.3, 0.4) is 0 Å². The summed E-state index contributed by atoms with van der Waals surface area (Å²) in [4.78, 5) is 13.8. The van der Waals surface area contributed by atoms with Crippen molar-refractivity contribution in [3.63, 3.8) is 0 Å². The molecule has 1 aromatic rings. The second kappa shape index (κ2) is 4.39. The average molecular weight is 244 g/mol. The summed E-state index contributed by atoms with van der Waals surface area (Å²) in [5.74, 6) is 0.931. The highest BCUT2D eigenvalue weighted by Gasteiger charge is 2.38. The Hall–Kier alpha value is -1.35. The number of likely N-dealkylation sites (tertiary alicyclic amines) is 1. The maximum Gasteiger partial charge on any atom is 0.224 e. The monoisotopic (exact) mass is 244 g/mol. The van der Waals surface area contributed by atoms with Gasteiger partial charge >= 0.3 is 0 Å². The lowest BCUT2D eigenvalue weighted by molar-refractivity contribution is -0.128. The minimum Gasteiger partial charge on any atom is -0.334 e. The van der Waals surface area contributed by atoms with Crippen molar-refractivity contribution in [1.29, 1.82) is 0 Å². The van der Waals surface area contributed by atoms with Gasteiger partial charge in [0.2, 0.25) is 5.91 Å². The van der Waals surface area contributed by atoms with Crippen molar-refractivity contribution in [3.8, 4) is 0 Å². The van der Waals surface area contributed by atoms with E-state index in [0.717, 1.165) is 12.5 Å². The molecule has 0 bridgehead atoms. The minimum absolute atomic E-state index is 0.0631. The molecule has 2 fully saturated rings. The molecule has 1 heterocycles. The van der Waals surface area contributed by atoms with Crippen molar-refractivity contribution in [3.05, 3.63) is 35.4 Å². The first-order valence-corrected chi connectivity index (χ1v) is 6.85. The zero-order chi connectivity index (χ0) is 12.7. The lowest BCUT2D eigenvalue weighted by Crippen LogP contribution is -2.32. The van der Waals surface area contributed by atoms with Crippen LogP contribution in [0, 0.1) is 0 Å². The van der Waals surface area contributed by atoms with Crippen molar-refractivity contribution in [2.75, 3.05) is 6.54 Å². The molecule has 0 spiro atoms. The summed E-state index contributed by atoms with van der Waals surface area (Å²) in [6.45, 7) is 2.76. The molecule has 2 atom stereocenters. The molecule has 1 saturated carbocycles. The molecule has 1 aliphatic carbocycles. The molecule has 3 heteroatoms. The third-order valence-corrected chi connectivity index (χ3v) is 4.11. The van der Waals surface area contributed by atoms with Crippen molar-refractivity contribution < 1.29 is 4.79 Å². The molecule has 1 amide bonds. The van der Waals surface area contributed by atoms with Gasteiger partial charge in [-0.1, -0.05) is 24.3 Å². The topological polar surface area (TPSA) is 46.3 Å². The molecule has 3 nitrogen and oxygen atoms in total. The fraction of sp³-hybridized carbons (Fsp3) is 0.533. The quantitative estimate of drug-likeness (QED) is 0.886. The number of nitrogens with zero attached hydrogens (tertiary/aromatic N) is 1. The molecular weight excluding hydrogens is 224 g/mol. The first-order valence-electron chi connectivity index (χ1n) is 6.85. The predicted molar refractivity (Wildman–Crippen MR) is 71.1 cm³/mol. The maximum atomic E-state index is 11.9. The molecule has 2 N–H and O–H groups in total. The van der Waals surface area contributed by atoms with Crippen LogP contribution in [0.4, 0.5) is 0 Å². The van der Waals surface area contributed by atoms with Gasteiger partial charge in [0.05, 0.1) is 6.04 Å². The van der Waals surface area contributed by atoms with Gasteiger partial charge in [0.1, 0.15) is 0 Å². The summed E-state index contributed by atoms with van der Waals surface area (Å²) < 4.78 is 0. The SMILES string of the molecule is CCN1C(=O)CC(N)C1c1cccc(C2CC2)c1. The average Bonchev–Trinajstić information content (AvgIpc) is 3.15. The van der Waals surface area contributed by atoms with Gasteiger partial charge in [0.15, 0.2) is 0 Å². The smallest absolute Gasteiger partial charge is 0.224 e. The van der Waals surface area contributed by atoms with Crippen LogP contribution in [-0.4, -0.2) is 23.4 Å². The zero-order valence-corrected chi connectivity index (χ0v) is 10.8. The summed E-state index contributed by atoms with van der Waals surface area (Å²) in [7, 11) is 0. The summed E-state index contributed by atoms with van der Waals surface area (Å²) >= 11 is 0. The van der Waals surface area contributed by atoms with E-state index in [0.29, 0.717) is 6.42 Å². The molecule has 2 aliphatic rings. The summed E-state index contributed by atoms with van der Waals surface area (Å²) in [5, 5.41) is 0. The Balaban J connectivity index is 1.92. The molecule has 0 radical (unpaired) electrons. The number of nitrogens with two attached hydrogens (primary N) is 1. The number of hydrogen-bond acceptors (Lipinski definition) is 2. The molecule has 0 aromatic heterocycles. The van der Waals surface area contributed by atoms with E-state index in [1.807, 2.05) is 11.8 Å². The molecular formula is C15H20N2O. The van der Waals surface area contributed by atoms with Crippen LogP contribution in [0.15, 0.2) is 24.3 Å². The number of benzene rings is 1. The number of amides is 1. The Morgan fingerprint density at radius 2 is 2.06 bits per heavy atom. The van der Waals surface area contributed by atoms with Gasteiger partial charge in [-0.2, -0.15) is 0 Å². The highest BCUT2D eigenvalue weighted by molar-refractivity contribution is 5.80. The van der Waals surface area contributed by atoms with E-state index in [1.54, 1.807) is 0 Å². The van der Waals surface area contributed by atoms with Crippen molar-refractivity contribution in [2.45, 2.75) is 44.2 Å². The van der Waals surface area contributed by atoms with Crippen molar-refractivity contribution in [2.24, 2.45) is 5.73 Å². The zero-order valence-electron chi connectivity index (χ0n) is 10.8. The molecule has 1 aromatic carbocycles. The van der Waals surface area contributed by atoms with Gasteiger partial charge in [-0.15, -0.1) is 0 Å². The Morgan fingerprint density at radius 1 is 1.33 bits per heavy atom. The summed E-state index contributed by atoms with van der Waals surface area (Å²) in [6, 6.07) is 8.67. The third-order valence-electron chi connectivity index (χ3n) is 4.11. The van der Waals surface area contributed by atoms with Crippen molar-refractivity contribution >= 4 is 5.91 Å². The maximum absolute atomic E-state index is 11.9. The number of carbonyl (C=O) groups excluding carboxylic acids is 1. The van der Waals surface area contributed by atoms with E-state index in [-0.39, 0.29) is 18.0 Å². The molecule has 3 rings (SSSR count). The standard InChI is InChI=1S/C15H20N2O/c1-2-17-14(18)9-13(16)15(17)12-5-3-4-11(8-12)10-6-7-10/h3-5,8,10,13,15H,2,6-7,9,16H2,1H3. The number of likely N-dealkylation sites (N-methyl/N-ethyl adjacent to an activating group) is 1. The first-order chi connectivity index (χ1) is 8.70. The second-order valence-corrected chi connectivity index (χ2v) is 5.44. The molecule has 1 aliphatic heterocycles. The first kappa shape index (κ1) is 11.7. The molecule has 1 saturated heterocycles. The van der Waals surface area contributed by atoms with E-state index in [1.165, 1.54) is 24.0 Å². The van der Waals surface area contributed by atoms with Gasteiger partial charge in [0, 0.05) is 19.0 Å². The Labute approximate surface area is 108 Å². The Morgan fingerprint density at radius 3 is 2.72 bits per heavy atom. The van der Waals surface area contributed by atoms with Gasteiger partial charge < -0.3 is 10.6 Å². The van der Waals surface area contributed by atoms with Gasteiger partial charge in [0.25, 0.3) is 0 Å². The van der Waals surface area contributed by atoms with Crippen LogP contribution in [-0.2, 0) is 4.79 Å². The third kappa shape index (κ3) is 1.93. The largest absolute Gasteiger partial charge is 0.334 e. The van der Waals surface area contributed by atoms with Crippen LogP contribution in [0.5, 0.6) is 0 Å². The van der Waals surface area contributed by atoms with Gasteiger partial charge in [-0.05, 0) is 36.8 Å². The van der Waals surface area contributed by atoms with E-state index in [4.69, 9.17) is 5.73 Å². The normalized spacial score (nSPS) is 27.9. The lowest BCUT2D eigenvalue weighted by atomic mass is 9.97. The van der Waals surface area contributed by atoms with E-state index in [9.17, 15) is 4.79 Å². The highest BCUT2D eigenvalue weighted by atomic mass is 16.2. The predicted octanol–water partition coefficient (Wildman–Crippen LogP) is 2.18. The fourth-order valence-electron chi connectivity index (χ4n) is 3.03. The molecule has 18 heavy (non-hydrogen) atoms. The lowest BCUT2D eigenvalue weighted by Gasteiger charge is -2.26. The fourth-order valence-corrected chi connectivity index (χ4v) is 3.03. The van der Waals surface area contributed by atoms with E-state index >= 15 is 0 Å².